The maximum absolute atomic E-state index is 4.33. The molecule has 0 N–H and O–H groups in total. The highest BCUT2D eigenvalue weighted by molar-refractivity contribution is 7.09. The molecule has 108 valence electrons. The summed E-state index contributed by atoms with van der Waals surface area (Å²) in [4.78, 5) is 6.31. The highest BCUT2D eigenvalue weighted by Crippen LogP contribution is 2.18. The first-order valence-electron chi connectivity index (χ1n) is 7.04. The monoisotopic (exact) mass is 300 g/mol. The van der Waals surface area contributed by atoms with Crippen molar-refractivity contribution in [3.8, 4) is 0 Å². The second kappa shape index (κ2) is 5.42. The molecule has 1 aliphatic rings. The van der Waals surface area contributed by atoms with Gasteiger partial charge in [0.15, 0.2) is 5.65 Å². The first-order chi connectivity index (χ1) is 10.4. The minimum Gasteiger partial charge on any atom is -0.368 e. The predicted octanol–water partition coefficient (Wildman–Crippen LogP) is 1.51. The molecular weight excluding hydrogens is 284 g/mol. The third-order valence-electron chi connectivity index (χ3n) is 3.84. The molecule has 1 saturated heterocycles. The summed E-state index contributed by atoms with van der Waals surface area (Å²) in [6.07, 6.45) is 3.52. The highest BCUT2D eigenvalue weighted by atomic mass is 32.1. The number of thiophene rings is 1. The Hall–Kier alpha value is -1.99. The molecule has 4 rings (SSSR count). The van der Waals surface area contributed by atoms with Crippen LogP contribution in [-0.4, -0.2) is 50.9 Å². The zero-order valence-corrected chi connectivity index (χ0v) is 12.4. The van der Waals surface area contributed by atoms with Crippen LogP contribution in [0.15, 0.2) is 36.1 Å². The van der Waals surface area contributed by atoms with Crippen LogP contribution in [0.2, 0.25) is 0 Å². The Balaban J connectivity index is 1.42. The van der Waals surface area contributed by atoms with E-state index in [2.05, 4.69) is 48.7 Å². The number of hydrogen-bond acceptors (Lipinski definition) is 6. The largest absolute Gasteiger partial charge is 0.368 e. The van der Waals surface area contributed by atoms with Crippen molar-refractivity contribution in [3.63, 3.8) is 0 Å². The number of anilines is 1. The van der Waals surface area contributed by atoms with E-state index in [1.165, 1.54) is 4.88 Å². The van der Waals surface area contributed by atoms with E-state index >= 15 is 0 Å². The van der Waals surface area contributed by atoms with E-state index < -0.39 is 0 Å². The molecule has 1 fully saturated rings. The van der Waals surface area contributed by atoms with E-state index in [1.807, 2.05) is 17.5 Å². The van der Waals surface area contributed by atoms with Crippen molar-refractivity contribution in [1.29, 1.82) is 0 Å². The minimum absolute atomic E-state index is 0.800. The van der Waals surface area contributed by atoms with Gasteiger partial charge in [-0.3, -0.25) is 4.90 Å². The van der Waals surface area contributed by atoms with Gasteiger partial charge in [0.25, 0.3) is 0 Å². The van der Waals surface area contributed by atoms with Crippen LogP contribution in [-0.2, 0) is 6.54 Å². The number of piperazine rings is 1. The fraction of sp³-hybridized carbons (Fsp3) is 0.357. The molecule has 0 atom stereocenters. The van der Waals surface area contributed by atoms with E-state index in [4.69, 9.17) is 0 Å². The van der Waals surface area contributed by atoms with Crippen LogP contribution in [0.5, 0.6) is 0 Å². The van der Waals surface area contributed by atoms with Gasteiger partial charge in [-0.15, -0.1) is 21.5 Å². The zero-order chi connectivity index (χ0) is 14.1. The number of rotatable bonds is 3. The summed E-state index contributed by atoms with van der Waals surface area (Å²) in [5.74, 6) is 0. The molecule has 3 aromatic heterocycles. The molecule has 3 aromatic rings. The Morgan fingerprint density at radius 1 is 1.19 bits per heavy atom. The minimum atomic E-state index is 0.800. The van der Waals surface area contributed by atoms with Crippen LogP contribution < -0.4 is 4.90 Å². The van der Waals surface area contributed by atoms with Crippen LogP contribution in [0.3, 0.4) is 0 Å². The summed E-state index contributed by atoms with van der Waals surface area (Å²) in [5, 5.41) is 14.4. The van der Waals surface area contributed by atoms with Gasteiger partial charge in [0.2, 0.25) is 0 Å². The molecule has 0 saturated carbocycles. The van der Waals surface area contributed by atoms with Crippen molar-refractivity contribution in [3.05, 3.63) is 41.0 Å². The Bertz CT molecular complexity index is 714. The van der Waals surface area contributed by atoms with Crippen molar-refractivity contribution >= 4 is 22.7 Å². The van der Waals surface area contributed by atoms with Crippen molar-refractivity contribution in [1.82, 2.24) is 24.7 Å². The maximum Gasteiger partial charge on any atom is 0.179 e. The number of hydrogen-bond donors (Lipinski definition) is 0. The third kappa shape index (κ3) is 2.62. The Morgan fingerprint density at radius 3 is 2.90 bits per heavy atom. The van der Waals surface area contributed by atoms with Gasteiger partial charge in [0.05, 0.1) is 11.9 Å². The van der Waals surface area contributed by atoms with Crippen LogP contribution >= 0.6 is 11.3 Å². The molecule has 0 amide bonds. The topological polar surface area (TPSA) is 49.6 Å². The number of aromatic nitrogens is 4. The Labute approximate surface area is 126 Å². The van der Waals surface area contributed by atoms with E-state index in [0.717, 1.165) is 44.1 Å². The molecule has 0 radical (unpaired) electrons. The fourth-order valence-electron chi connectivity index (χ4n) is 2.67. The molecule has 0 spiro atoms. The molecular formula is C14H16N6S. The quantitative estimate of drug-likeness (QED) is 0.734. The molecule has 0 bridgehead atoms. The molecule has 4 heterocycles. The molecule has 6 nitrogen and oxygen atoms in total. The van der Waals surface area contributed by atoms with Crippen molar-refractivity contribution in [2.24, 2.45) is 0 Å². The highest BCUT2D eigenvalue weighted by Gasteiger charge is 2.18. The lowest BCUT2D eigenvalue weighted by atomic mass is 10.2. The lowest BCUT2D eigenvalue weighted by molar-refractivity contribution is 0.252. The molecule has 7 heteroatoms. The Kier molecular flexibility index (Phi) is 3.28. The van der Waals surface area contributed by atoms with Crippen molar-refractivity contribution in [2.75, 3.05) is 31.1 Å². The standard InChI is InChI=1S/C14H16N6S/c1-2-13(21-7-1)10-18-3-5-19(6-4-18)12-8-14-17-15-11-20(14)16-9-12/h1-2,7-9,11H,3-6,10H2. The van der Waals surface area contributed by atoms with Gasteiger partial charge in [-0.25, -0.2) is 4.52 Å². The lowest BCUT2D eigenvalue weighted by Gasteiger charge is -2.35. The molecule has 0 unspecified atom stereocenters. The first kappa shape index (κ1) is 12.7. The van der Waals surface area contributed by atoms with Gasteiger partial charge >= 0.3 is 0 Å². The van der Waals surface area contributed by atoms with E-state index in [0.29, 0.717) is 0 Å². The maximum atomic E-state index is 4.33. The van der Waals surface area contributed by atoms with Crippen LogP contribution in [0.1, 0.15) is 4.88 Å². The van der Waals surface area contributed by atoms with Crippen LogP contribution in [0, 0.1) is 0 Å². The van der Waals surface area contributed by atoms with E-state index in [9.17, 15) is 0 Å². The molecule has 21 heavy (non-hydrogen) atoms. The smallest absolute Gasteiger partial charge is 0.179 e. The summed E-state index contributed by atoms with van der Waals surface area (Å²) >= 11 is 1.83. The summed E-state index contributed by atoms with van der Waals surface area (Å²) < 4.78 is 1.69. The average Bonchev–Trinajstić information content (AvgIpc) is 3.18. The second-order valence-corrected chi connectivity index (χ2v) is 6.22. The van der Waals surface area contributed by atoms with Gasteiger partial charge in [0.1, 0.15) is 6.33 Å². The number of nitrogens with zero attached hydrogens (tertiary/aromatic N) is 6. The number of fused-ring (bicyclic) bond motifs is 1. The SMILES string of the molecule is c1csc(CN2CCN(c3cnn4cnnc4c3)CC2)c1. The van der Waals surface area contributed by atoms with Crippen molar-refractivity contribution < 1.29 is 0 Å². The van der Waals surface area contributed by atoms with Gasteiger partial charge < -0.3 is 4.90 Å². The molecule has 0 aliphatic carbocycles. The predicted molar refractivity (Wildman–Crippen MR) is 82.6 cm³/mol. The zero-order valence-electron chi connectivity index (χ0n) is 11.6. The van der Waals surface area contributed by atoms with Gasteiger partial charge in [-0.2, -0.15) is 5.10 Å². The summed E-state index contributed by atoms with van der Waals surface area (Å²) in [6, 6.07) is 6.38. The van der Waals surface area contributed by atoms with Crippen LogP contribution in [0.25, 0.3) is 5.65 Å². The third-order valence-corrected chi connectivity index (χ3v) is 4.71. The van der Waals surface area contributed by atoms with Gasteiger partial charge in [-0.1, -0.05) is 6.07 Å². The average molecular weight is 300 g/mol. The first-order valence-corrected chi connectivity index (χ1v) is 7.92. The van der Waals surface area contributed by atoms with E-state index in [1.54, 1.807) is 10.8 Å². The van der Waals surface area contributed by atoms with E-state index in [-0.39, 0.29) is 0 Å². The normalized spacial score (nSPS) is 16.7. The van der Waals surface area contributed by atoms with Gasteiger partial charge in [0, 0.05) is 43.7 Å². The summed E-state index contributed by atoms with van der Waals surface area (Å²) in [6.45, 7) is 5.27. The van der Waals surface area contributed by atoms with Crippen molar-refractivity contribution in [2.45, 2.75) is 6.54 Å². The Morgan fingerprint density at radius 2 is 2.10 bits per heavy atom. The van der Waals surface area contributed by atoms with Gasteiger partial charge in [-0.05, 0) is 11.4 Å². The fourth-order valence-corrected chi connectivity index (χ4v) is 3.42. The molecule has 0 aromatic carbocycles. The van der Waals surface area contributed by atoms with Crippen LogP contribution in [0.4, 0.5) is 5.69 Å². The second-order valence-electron chi connectivity index (χ2n) is 5.19. The summed E-state index contributed by atoms with van der Waals surface area (Å²) in [7, 11) is 0. The molecule has 1 aliphatic heterocycles. The summed E-state index contributed by atoms with van der Waals surface area (Å²) in [5.41, 5.74) is 1.93. The lowest BCUT2D eigenvalue weighted by Crippen LogP contribution is -2.45.